The second kappa shape index (κ2) is 15.2. The molecule has 3 aromatic rings. The van der Waals surface area contributed by atoms with E-state index in [4.69, 9.17) is 18.6 Å². The molecule has 49 heavy (non-hydrogen) atoms. The third-order valence-corrected chi connectivity index (χ3v) is 9.87. The van der Waals surface area contributed by atoms with Crippen molar-refractivity contribution >= 4 is 56.9 Å². The monoisotopic (exact) mass is 694 g/mol. The first-order chi connectivity index (χ1) is 23.6. The number of carbonyl (C=O) groups excluding carboxylic acids is 5. The van der Waals surface area contributed by atoms with Crippen molar-refractivity contribution < 1.29 is 42.6 Å². The van der Waals surface area contributed by atoms with E-state index in [-0.39, 0.29) is 49.3 Å². The zero-order valence-corrected chi connectivity index (χ0v) is 28.0. The van der Waals surface area contributed by atoms with E-state index in [9.17, 15) is 24.0 Å². The molecule has 0 radical (unpaired) electrons. The van der Waals surface area contributed by atoms with Crippen LogP contribution in [-0.4, -0.2) is 90.0 Å². The third kappa shape index (κ3) is 8.48. The quantitative estimate of drug-likeness (QED) is 0.210. The Morgan fingerprint density at radius 2 is 1.96 bits per heavy atom. The topological polar surface area (TPSA) is 200 Å². The van der Waals surface area contributed by atoms with Gasteiger partial charge in [0.05, 0.1) is 41.0 Å². The molecule has 5 heterocycles. The predicted octanol–water partition coefficient (Wildman–Crippen LogP) is 2.51. The SMILES string of the molecule is CC1=NC(OC(=O)N[C@H](C(=O)C[C@@H](Cc2cnc(C)o2)C(=O)N[C@@H](C[C@@H]2CCNC2=O)C(=O)c2nc3ccccc3s2)C2CCOC2)CO1. The fourth-order valence-corrected chi connectivity index (χ4v) is 7.22. The van der Waals surface area contributed by atoms with Gasteiger partial charge in [0, 0.05) is 51.7 Å². The number of thiazole rings is 1. The molecule has 0 spiro atoms. The average Bonchev–Trinajstić information content (AvgIpc) is 3.92. The maximum atomic E-state index is 14.1. The predicted molar refractivity (Wildman–Crippen MR) is 175 cm³/mol. The Labute approximate surface area is 285 Å². The molecule has 15 nitrogen and oxygen atoms in total. The van der Waals surface area contributed by atoms with E-state index in [2.05, 4.69) is 30.9 Å². The molecule has 260 valence electrons. The standard InChI is InChI=1S/C33H38N6O9S/c1-17-35-14-22(47-17)11-21(13-25(40)28(20-8-10-45-15-20)39-33(44)48-27-16-46-18(2)36-27)31(43)37-24(12-19-7-9-34-30(19)42)29(41)32-38-23-5-3-4-6-26(23)49-32/h3-6,14,19-21,24,27-28H,7-13,15-16H2,1-2H3,(H,34,42)(H,37,43)(H,39,44)/t19-,20?,21+,24-,27?,28-/m0/s1. The van der Waals surface area contributed by atoms with Gasteiger partial charge in [-0.15, -0.1) is 11.3 Å². The number of aromatic nitrogens is 2. The summed E-state index contributed by atoms with van der Waals surface area (Å²) in [7, 11) is 0. The first-order valence-electron chi connectivity index (χ1n) is 16.3. The molecule has 1 aromatic carbocycles. The fourth-order valence-electron chi connectivity index (χ4n) is 6.26. The van der Waals surface area contributed by atoms with Gasteiger partial charge in [-0.2, -0.15) is 0 Å². The Balaban J connectivity index is 1.22. The Hall–Kier alpha value is -4.70. The first kappa shape index (κ1) is 34.2. The number of benzene rings is 1. The minimum Gasteiger partial charge on any atom is -0.475 e. The highest BCUT2D eigenvalue weighted by atomic mass is 32.1. The number of aryl methyl sites for hydroxylation is 1. The molecule has 2 saturated heterocycles. The molecule has 0 aliphatic carbocycles. The number of nitrogens with one attached hydrogen (secondary N) is 3. The van der Waals surface area contributed by atoms with Gasteiger partial charge in [0.2, 0.25) is 23.8 Å². The van der Waals surface area contributed by atoms with Crippen LogP contribution >= 0.6 is 11.3 Å². The maximum absolute atomic E-state index is 14.1. The van der Waals surface area contributed by atoms with Crippen molar-refractivity contribution in [2.45, 2.75) is 64.3 Å². The summed E-state index contributed by atoms with van der Waals surface area (Å²) in [4.78, 5) is 80.2. The van der Waals surface area contributed by atoms with Gasteiger partial charge in [0.1, 0.15) is 12.4 Å². The van der Waals surface area contributed by atoms with Crippen LogP contribution in [0, 0.1) is 24.7 Å². The number of aliphatic imine (C=N–C) groups is 1. The van der Waals surface area contributed by atoms with Gasteiger partial charge in [-0.3, -0.25) is 19.2 Å². The van der Waals surface area contributed by atoms with Crippen LogP contribution in [0.1, 0.15) is 54.1 Å². The van der Waals surface area contributed by atoms with Crippen LogP contribution in [0.4, 0.5) is 4.79 Å². The van der Waals surface area contributed by atoms with Gasteiger partial charge in [0.15, 0.2) is 22.6 Å². The van der Waals surface area contributed by atoms with Gasteiger partial charge >= 0.3 is 6.09 Å². The Kier molecular flexibility index (Phi) is 10.6. The maximum Gasteiger partial charge on any atom is 0.409 e. The van der Waals surface area contributed by atoms with Crippen molar-refractivity contribution in [2.75, 3.05) is 26.4 Å². The molecule has 16 heteroatoms. The van der Waals surface area contributed by atoms with Crippen LogP contribution in [-0.2, 0) is 35.0 Å². The normalized spacial score (nSPS) is 22.1. The molecule has 6 rings (SSSR count). The molecule has 0 saturated carbocycles. The van der Waals surface area contributed by atoms with Crippen LogP contribution in [0.15, 0.2) is 39.9 Å². The zero-order valence-electron chi connectivity index (χ0n) is 27.1. The lowest BCUT2D eigenvalue weighted by molar-refractivity contribution is -0.131. The molecule has 2 fully saturated rings. The summed E-state index contributed by atoms with van der Waals surface area (Å²) < 4.78 is 22.6. The van der Waals surface area contributed by atoms with Crippen molar-refractivity contribution in [3.63, 3.8) is 0 Å². The minimum absolute atomic E-state index is 0.00386. The first-order valence-corrected chi connectivity index (χ1v) is 17.1. The van der Waals surface area contributed by atoms with Gasteiger partial charge in [0.25, 0.3) is 0 Å². The number of alkyl carbamates (subject to hydrolysis) is 1. The van der Waals surface area contributed by atoms with E-state index in [0.29, 0.717) is 49.1 Å². The molecule has 0 bridgehead atoms. The molecular weight excluding hydrogens is 656 g/mol. The molecular formula is C33H38N6O9S. The van der Waals surface area contributed by atoms with Crippen LogP contribution < -0.4 is 16.0 Å². The summed E-state index contributed by atoms with van der Waals surface area (Å²) in [5.74, 6) is -2.32. The third-order valence-electron chi connectivity index (χ3n) is 8.82. The number of Topliss-reactive ketones (excluding diaryl/α,β-unsaturated/α-hetero) is 2. The summed E-state index contributed by atoms with van der Waals surface area (Å²) >= 11 is 1.21. The zero-order chi connectivity index (χ0) is 34.5. The average molecular weight is 695 g/mol. The van der Waals surface area contributed by atoms with Crippen molar-refractivity contribution in [1.29, 1.82) is 0 Å². The van der Waals surface area contributed by atoms with Crippen molar-refractivity contribution in [2.24, 2.45) is 22.7 Å². The summed E-state index contributed by atoms with van der Waals surface area (Å²) in [6, 6.07) is 5.22. The number of ether oxygens (including phenoxy) is 3. The number of rotatable bonds is 14. The fraction of sp³-hybridized carbons (Fsp3) is 0.515. The number of para-hydroxylation sites is 1. The van der Waals surface area contributed by atoms with Crippen LogP contribution in [0.3, 0.4) is 0 Å². The number of oxazole rings is 1. The number of nitrogens with zero attached hydrogens (tertiary/aromatic N) is 3. The summed E-state index contributed by atoms with van der Waals surface area (Å²) in [5.41, 5.74) is 0.652. The molecule has 3 N–H and O–H groups in total. The van der Waals surface area contributed by atoms with E-state index < -0.39 is 53.7 Å². The molecule has 3 aliphatic heterocycles. The van der Waals surface area contributed by atoms with Crippen LogP contribution in [0.25, 0.3) is 10.2 Å². The Morgan fingerprint density at radius 3 is 2.63 bits per heavy atom. The lowest BCUT2D eigenvalue weighted by atomic mass is 9.87. The smallest absolute Gasteiger partial charge is 0.409 e. The number of carbonyl (C=O) groups is 5. The second-order valence-corrected chi connectivity index (χ2v) is 13.4. The molecule has 3 aliphatic rings. The number of fused-ring (bicyclic) bond motifs is 1. The lowest BCUT2D eigenvalue weighted by Crippen LogP contribution is -2.50. The molecule has 3 amide bonds. The Bertz CT molecular complexity index is 1720. The number of amides is 3. The van der Waals surface area contributed by atoms with Crippen LogP contribution in [0.2, 0.25) is 0 Å². The van der Waals surface area contributed by atoms with E-state index in [0.717, 1.165) is 4.70 Å². The summed E-state index contributed by atoms with van der Waals surface area (Å²) in [5, 5.41) is 8.52. The largest absolute Gasteiger partial charge is 0.475 e. The van der Waals surface area contributed by atoms with Gasteiger partial charge in [-0.05, 0) is 31.4 Å². The molecule has 2 aromatic heterocycles. The van der Waals surface area contributed by atoms with Gasteiger partial charge < -0.3 is 34.6 Å². The summed E-state index contributed by atoms with van der Waals surface area (Å²) in [6.07, 6.45) is 0.589. The summed E-state index contributed by atoms with van der Waals surface area (Å²) in [6.45, 7) is 4.50. The Morgan fingerprint density at radius 1 is 1.12 bits per heavy atom. The molecule has 2 unspecified atom stereocenters. The number of hydrogen-bond donors (Lipinski definition) is 3. The highest BCUT2D eigenvalue weighted by Crippen LogP contribution is 2.27. The van der Waals surface area contributed by atoms with Gasteiger partial charge in [-0.25, -0.2) is 19.8 Å². The minimum atomic E-state index is -1.08. The van der Waals surface area contributed by atoms with E-state index in [1.165, 1.54) is 17.5 Å². The van der Waals surface area contributed by atoms with Crippen molar-refractivity contribution in [1.82, 2.24) is 25.9 Å². The lowest BCUT2D eigenvalue weighted by Gasteiger charge is -2.26. The van der Waals surface area contributed by atoms with E-state index >= 15 is 0 Å². The second-order valence-electron chi connectivity index (χ2n) is 12.4. The molecule has 6 atom stereocenters. The van der Waals surface area contributed by atoms with Crippen LogP contribution in [0.5, 0.6) is 0 Å². The highest BCUT2D eigenvalue weighted by Gasteiger charge is 2.38. The van der Waals surface area contributed by atoms with Crippen molar-refractivity contribution in [3.8, 4) is 0 Å². The highest BCUT2D eigenvalue weighted by molar-refractivity contribution is 7.20. The number of hydrogen-bond acceptors (Lipinski definition) is 13. The van der Waals surface area contributed by atoms with Gasteiger partial charge in [-0.1, -0.05) is 12.1 Å². The van der Waals surface area contributed by atoms with E-state index in [1.807, 2.05) is 18.2 Å². The van der Waals surface area contributed by atoms with Crippen molar-refractivity contribution in [3.05, 3.63) is 47.1 Å². The van der Waals surface area contributed by atoms with E-state index in [1.54, 1.807) is 19.9 Å². The number of ketones is 2.